The summed E-state index contributed by atoms with van der Waals surface area (Å²) in [6.07, 6.45) is 2.31. The molecule has 1 saturated heterocycles. The van der Waals surface area contributed by atoms with Gasteiger partial charge in [-0.1, -0.05) is 65.3 Å². The quantitative estimate of drug-likeness (QED) is 0.668. The Morgan fingerprint density at radius 1 is 1.17 bits per heavy atom. The van der Waals surface area contributed by atoms with E-state index in [-0.39, 0.29) is 11.2 Å². The highest BCUT2D eigenvalue weighted by Gasteiger charge is 2.30. The van der Waals surface area contributed by atoms with Crippen LogP contribution in [0.2, 0.25) is 5.02 Å². The molecule has 1 aliphatic heterocycles. The fourth-order valence-electron chi connectivity index (χ4n) is 2.22. The van der Waals surface area contributed by atoms with E-state index < -0.39 is 0 Å². The van der Waals surface area contributed by atoms with Gasteiger partial charge >= 0.3 is 0 Å². The fourth-order valence-corrected chi connectivity index (χ4v) is 3.31. The van der Waals surface area contributed by atoms with Crippen LogP contribution in [0.25, 0.3) is 0 Å². The van der Waals surface area contributed by atoms with E-state index >= 15 is 0 Å². The third-order valence-corrected chi connectivity index (χ3v) is 4.87. The first-order chi connectivity index (χ1) is 11.6. The maximum atomic E-state index is 12.0. The number of nitrogens with zero attached hydrogens (tertiary/aromatic N) is 2. The summed E-state index contributed by atoms with van der Waals surface area (Å²) in [4.78, 5) is 12.0. The van der Waals surface area contributed by atoms with Crippen LogP contribution >= 0.6 is 23.4 Å². The van der Waals surface area contributed by atoms with Crippen molar-refractivity contribution in [2.45, 2.75) is 18.6 Å². The molecule has 0 bridgehead atoms. The van der Waals surface area contributed by atoms with Crippen molar-refractivity contribution < 1.29 is 4.79 Å². The van der Waals surface area contributed by atoms with Crippen molar-refractivity contribution in [1.29, 1.82) is 0 Å². The Morgan fingerprint density at radius 2 is 1.88 bits per heavy atom. The normalized spacial score (nSPS) is 19.2. The van der Waals surface area contributed by atoms with Gasteiger partial charge < -0.3 is 5.32 Å². The van der Waals surface area contributed by atoms with Gasteiger partial charge in [-0.05, 0) is 36.6 Å². The minimum atomic E-state index is -0.169. The summed E-state index contributed by atoms with van der Waals surface area (Å²) in [5, 5.41) is 11.9. The second kappa shape index (κ2) is 7.64. The van der Waals surface area contributed by atoms with Crippen LogP contribution in [0.15, 0.2) is 58.7 Å². The lowest BCUT2D eigenvalue weighted by Crippen LogP contribution is -2.25. The van der Waals surface area contributed by atoms with Gasteiger partial charge in [0.2, 0.25) is 5.91 Å². The zero-order chi connectivity index (χ0) is 16.9. The van der Waals surface area contributed by atoms with E-state index in [0.29, 0.717) is 16.6 Å². The molecule has 1 heterocycles. The smallest absolute Gasteiger partial charge is 0.239 e. The molecule has 6 heteroatoms. The number of amides is 1. The van der Waals surface area contributed by atoms with Gasteiger partial charge in [0.1, 0.15) is 0 Å². The number of benzene rings is 2. The monoisotopic (exact) mass is 357 g/mol. The molecule has 2 aromatic carbocycles. The van der Waals surface area contributed by atoms with Crippen LogP contribution in [0, 0.1) is 6.92 Å². The second-order valence-corrected chi connectivity index (χ2v) is 7.11. The van der Waals surface area contributed by atoms with Crippen molar-refractivity contribution in [3.05, 3.63) is 70.2 Å². The van der Waals surface area contributed by atoms with E-state index in [1.807, 2.05) is 19.1 Å². The van der Waals surface area contributed by atoms with Crippen LogP contribution in [0.1, 0.15) is 16.7 Å². The highest BCUT2D eigenvalue weighted by molar-refractivity contribution is 8.15. The number of carbonyl (C=O) groups is 1. The standard InChI is InChI=1S/C18H16ClN3OS/c1-12-2-4-13(5-3-12)10-16-17(23)21-18(24-16)22-20-11-14-6-8-15(19)9-7-14/h2-9,11,16H,10H2,1H3,(H,21,22,23). The lowest BCUT2D eigenvalue weighted by Gasteiger charge is -2.05. The minimum Gasteiger partial charge on any atom is -0.303 e. The lowest BCUT2D eigenvalue weighted by atomic mass is 10.1. The van der Waals surface area contributed by atoms with Crippen LogP contribution in [0.3, 0.4) is 0 Å². The third kappa shape index (κ3) is 4.46. The number of hydrogen-bond acceptors (Lipinski definition) is 4. The highest BCUT2D eigenvalue weighted by atomic mass is 35.5. The van der Waals surface area contributed by atoms with E-state index in [9.17, 15) is 4.79 Å². The van der Waals surface area contributed by atoms with Gasteiger partial charge in [-0.25, -0.2) is 0 Å². The Kier molecular flexibility index (Phi) is 5.33. The van der Waals surface area contributed by atoms with Crippen molar-refractivity contribution in [3.8, 4) is 0 Å². The molecule has 1 N–H and O–H groups in total. The molecule has 122 valence electrons. The third-order valence-electron chi connectivity index (χ3n) is 3.54. The molecule has 0 radical (unpaired) electrons. The van der Waals surface area contributed by atoms with Gasteiger partial charge in [0.15, 0.2) is 5.17 Å². The molecule has 0 aliphatic carbocycles. The molecule has 4 nitrogen and oxygen atoms in total. The molecule has 3 rings (SSSR count). The minimum absolute atomic E-state index is 0.0268. The summed E-state index contributed by atoms with van der Waals surface area (Å²) in [6, 6.07) is 15.5. The molecular formula is C18H16ClN3OS. The van der Waals surface area contributed by atoms with Gasteiger partial charge in [-0.15, -0.1) is 5.10 Å². The Bertz CT molecular complexity index is 785. The summed E-state index contributed by atoms with van der Waals surface area (Å²) >= 11 is 7.24. The number of amidine groups is 1. The summed E-state index contributed by atoms with van der Waals surface area (Å²) in [6.45, 7) is 2.05. The van der Waals surface area contributed by atoms with Crippen LogP contribution in [-0.4, -0.2) is 22.5 Å². The van der Waals surface area contributed by atoms with Crippen molar-refractivity contribution in [3.63, 3.8) is 0 Å². The van der Waals surface area contributed by atoms with Gasteiger partial charge in [0.05, 0.1) is 11.5 Å². The number of carbonyl (C=O) groups excluding carboxylic acids is 1. The number of halogens is 1. The SMILES string of the molecule is Cc1ccc(CC2S/C(=N\N=Cc3ccc(Cl)cc3)NC2=O)cc1. The highest BCUT2D eigenvalue weighted by Crippen LogP contribution is 2.23. The van der Waals surface area contributed by atoms with Crippen molar-refractivity contribution in [1.82, 2.24) is 5.32 Å². The fraction of sp³-hybridized carbons (Fsp3) is 0.167. The van der Waals surface area contributed by atoms with Gasteiger partial charge in [-0.3, -0.25) is 4.79 Å². The number of nitrogens with one attached hydrogen (secondary N) is 1. The Labute approximate surface area is 150 Å². The number of rotatable bonds is 4. The molecule has 2 aromatic rings. The molecular weight excluding hydrogens is 342 g/mol. The first kappa shape index (κ1) is 16.7. The van der Waals surface area contributed by atoms with E-state index in [1.165, 1.54) is 17.3 Å². The largest absolute Gasteiger partial charge is 0.303 e. The summed E-state index contributed by atoms with van der Waals surface area (Å²) in [5.74, 6) is -0.0268. The first-order valence-corrected chi connectivity index (χ1v) is 8.75. The second-order valence-electron chi connectivity index (χ2n) is 5.49. The van der Waals surface area contributed by atoms with Crippen molar-refractivity contribution >= 4 is 40.7 Å². The Hall–Kier alpha value is -2.11. The average molecular weight is 358 g/mol. The number of aryl methyl sites for hydroxylation is 1. The molecule has 1 fully saturated rings. The number of thioether (sulfide) groups is 1. The van der Waals surface area contributed by atoms with Gasteiger partial charge in [0, 0.05) is 5.02 Å². The first-order valence-electron chi connectivity index (χ1n) is 7.50. The Morgan fingerprint density at radius 3 is 2.58 bits per heavy atom. The topological polar surface area (TPSA) is 53.8 Å². The molecule has 1 atom stereocenters. The maximum absolute atomic E-state index is 12.0. The summed E-state index contributed by atoms with van der Waals surface area (Å²) in [7, 11) is 0. The molecule has 1 amide bonds. The zero-order valence-electron chi connectivity index (χ0n) is 13.1. The van der Waals surface area contributed by atoms with E-state index in [4.69, 9.17) is 11.6 Å². The molecule has 0 aromatic heterocycles. The van der Waals surface area contributed by atoms with E-state index in [0.717, 1.165) is 11.1 Å². The van der Waals surface area contributed by atoms with Crippen LogP contribution in [0.5, 0.6) is 0 Å². The molecule has 24 heavy (non-hydrogen) atoms. The zero-order valence-corrected chi connectivity index (χ0v) is 14.6. The van der Waals surface area contributed by atoms with Crippen molar-refractivity contribution in [2.75, 3.05) is 0 Å². The molecule has 0 saturated carbocycles. The maximum Gasteiger partial charge on any atom is 0.239 e. The van der Waals surface area contributed by atoms with E-state index in [2.05, 4.69) is 39.8 Å². The van der Waals surface area contributed by atoms with Crippen LogP contribution in [-0.2, 0) is 11.2 Å². The average Bonchev–Trinajstić information content (AvgIpc) is 2.91. The predicted octanol–water partition coefficient (Wildman–Crippen LogP) is 3.81. The molecule has 1 aliphatic rings. The van der Waals surface area contributed by atoms with E-state index in [1.54, 1.807) is 18.3 Å². The van der Waals surface area contributed by atoms with Crippen LogP contribution in [0.4, 0.5) is 0 Å². The van der Waals surface area contributed by atoms with Crippen molar-refractivity contribution in [2.24, 2.45) is 10.2 Å². The number of hydrogen-bond donors (Lipinski definition) is 1. The summed E-state index contributed by atoms with van der Waals surface area (Å²) < 4.78 is 0. The Balaban J connectivity index is 1.61. The summed E-state index contributed by atoms with van der Waals surface area (Å²) in [5.41, 5.74) is 3.24. The molecule has 0 spiro atoms. The van der Waals surface area contributed by atoms with Crippen LogP contribution < -0.4 is 5.32 Å². The van der Waals surface area contributed by atoms with Gasteiger partial charge in [-0.2, -0.15) is 5.10 Å². The van der Waals surface area contributed by atoms with Gasteiger partial charge in [0.25, 0.3) is 0 Å². The predicted molar refractivity (Wildman–Crippen MR) is 101 cm³/mol. The lowest BCUT2D eigenvalue weighted by molar-refractivity contribution is -0.118. The molecule has 1 unspecified atom stereocenters.